The van der Waals surface area contributed by atoms with Gasteiger partial charge in [-0.3, -0.25) is 4.79 Å². The largest absolute Gasteiger partial charge is 0.494 e. The number of thioether (sulfide) groups is 1. The molecule has 1 heterocycles. The highest BCUT2D eigenvalue weighted by Gasteiger charge is 2.16. The average Bonchev–Trinajstić information content (AvgIpc) is 3.14. The summed E-state index contributed by atoms with van der Waals surface area (Å²) in [6.07, 6.45) is 0. The highest BCUT2D eigenvalue weighted by molar-refractivity contribution is 7.99. The molecule has 0 bridgehead atoms. The van der Waals surface area contributed by atoms with Crippen molar-refractivity contribution in [2.75, 3.05) is 20.0 Å². The summed E-state index contributed by atoms with van der Waals surface area (Å²) in [5.74, 6) is -0.0664. The van der Waals surface area contributed by atoms with Crippen LogP contribution in [0.25, 0.3) is 5.69 Å². The lowest BCUT2D eigenvalue weighted by Crippen LogP contribution is -2.06. The quantitative estimate of drug-likeness (QED) is 0.454. The number of methoxy groups -OCH3 is 2. The molecule has 0 spiro atoms. The van der Waals surface area contributed by atoms with E-state index in [-0.39, 0.29) is 22.8 Å². The number of carbonyl (C=O) groups is 1. The van der Waals surface area contributed by atoms with Crippen molar-refractivity contribution in [2.24, 2.45) is 0 Å². The number of ether oxygens (including phenoxy) is 2. The van der Waals surface area contributed by atoms with E-state index in [4.69, 9.17) is 9.47 Å². The van der Waals surface area contributed by atoms with Gasteiger partial charge in [0.05, 0.1) is 20.0 Å². The molecule has 0 aliphatic rings. The van der Waals surface area contributed by atoms with Crippen LogP contribution in [-0.4, -0.2) is 46.0 Å². The molecule has 0 N–H and O–H groups in total. The van der Waals surface area contributed by atoms with Gasteiger partial charge in [0.25, 0.3) is 0 Å². The lowest BCUT2D eigenvalue weighted by molar-refractivity contribution is 0.102. The van der Waals surface area contributed by atoms with Crippen LogP contribution < -0.4 is 9.47 Å². The van der Waals surface area contributed by atoms with Crippen LogP contribution in [0.15, 0.2) is 41.6 Å². The Kier molecular flexibility index (Phi) is 5.70. The zero-order valence-electron chi connectivity index (χ0n) is 15.0. The fraction of sp³-hybridized carbons (Fsp3) is 0.222. The number of nitrogens with zero attached hydrogens (tertiary/aromatic N) is 4. The number of benzene rings is 2. The van der Waals surface area contributed by atoms with Gasteiger partial charge in [0.15, 0.2) is 17.3 Å². The number of hydrogen-bond donors (Lipinski definition) is 0. The minimum absolute atomic E-state index is 0.0558. The summed E-state index contributed by atoms with van der Waals surface area (Å²) in [5, 5.41) is 12.1. The predicted molar refractivity (Wildman–Crippen MR) is 98.4 cm³/mol. The van der Waals surface area contributed by atoms with Crippen molar-refractivity contribution in [1.29, 1.82) is 0 Å². The molecule has 3 rings (SSSR count). The maximum absolute atomic E-state index is 13.8. The SMILES string of the molecule is COc1ccc(C(=O)CSc2nnnn2-c2cc(C)ccc2OC)cc1F. The van der Waals surface area contributed by atoms with Crippen molar-refractivity contribution < 1.29 is 18.7 Å². The molecule has 140 valence electrons. The molecule has 0 amide bonds. The van der Waals surface area contributed by atoms with Crippen molar-refractivity contribution in [3.63, 3.8) is 0 Å². The van der Waals surface area contributed by atoms with Crippen LogP contribution >= 0.6 is 11.8 Å². The number of aromatic nitrogens is 4. The Bertz CT molecular complexity index is 977. The van der Waals surface area contributed by atoms with Crippen LogP contribution in [0.5, 0.6) is 11.5 Å². The average molecular weight is 388 g/mol. The summed E-state index contributed by atoms with van der Waals surface area (Å²) < 4.78 is 25.5. The van der Waals surface area contributed by atoms with E-state index in [2.05, 4.69) is 15.5 Å². The third-order valence-corrected chi connectivity index (χ3v) is 4.73. The van der Waals surface area contributed by atoms with Gasteiger partial charge in [-0.25, -0.2) is 4.39 Å². The van der Waals surface area contributed by atoms with E-state index >= 15 is 0 Å². The number of halogens is 1. The molecule has 0 aliphatic heterocycles. The van der Waals surface area contributed by atoms with E-state index in [1.807, 2.05) is 25.1 Å². The van der Waals surface area contributed by atoms with Crippen molar-refractivity contribution in [3.05, 3.63) is 53.3 Å². The number of tetrazole rings is 1. The van der Waals surface area contributed by atoms with E-state index in [0.29, 0.717) is 16.6 Å². The smallest absolute Gasteiger partial charge is 0.214 e. The molecule has 2 aromatic carbocycles. The number of carbonyl (C=O) groups excluding carboxylic acids is 1. The lowest BCUT2D eigenvalue weighted by Gasteiger charge is -2.10. The highest BCUT2D eigenvalue weighted by atomic mass is 32.2. The summed E-state index contributed by atoms with van der Waals surface area (Å²) in [7, 11) is 2.93. The van der Waals surface area contributed by atoms with E-state index in [1.165, 1.54) is 23.9 Å². The van der Waals surface area contributed by atoms with E-state index in [1.54, 1.807) is 7.11 Å². The van der Waals surface area contributed by atoms with Crippen LogP contribution in [0.2, 0.25) is 0 Å². The van der Waals surface area contributed by atoms with Crippen LogP contribution in [0.3, 0.4) is 0 Å². The summed E-state index contributed by atoms with van der Waals surface area (Å²) in [5.41, 5.74) is 1.95. The zero-order valence-corrected chi connectivity index (χ0v) is 15.8. The molecule has 0 unspecified atom stereocenters. The topological polar surface area (TPSA) is 79.1 Å². The van der Waals surface area contributed by atoms with Crippen LogP contribution in [0.4, 0.5) is 4.39 Å². The molecule has 0 saturated carbocycles. The predicted octanol–water partition coefficient (Wildman–Crippen LogP) is 3.10. The van der Waals surface area contributed by atoms with Gasteiger partial charge in [-0.05, 0) is 53.2 Å². The summed E-state index contributed by atoms with van der Waals surface area (Å²) >= 11 is 1.16. The molecular formula is C18H17FN4O3S. The second-order valence-corrected chi connectivity index (χ2v) is 6.55. The minimum atomic E-state index is -0.581. The van der Waals surface area contributed by atoms with Gasteiger partial charge < -0.3 is 9.47 Å². The summed E-state index contributed by atoms with van der Waals surface area (Å²) in [4.78, 5) is 12.4. The van der Waals surface area contributed by atoms with E-state index < -0.39 is 5.82 Å². The second-order valence-electron chi connectivity index (χ2n) is 5.61. The van der Waals surface area contributed by atoms with Crippen LogP contribution in [0, 0.1) is 12.7 Å². The maximum Gasteiger partial charge on any atom is 0.214 e. The third-order valence-electron chi connectivity index (χ3n) is 3.81. The third kappa shape index (κ3) is 4.08. The highest BCUT2D eigenvalue weighted by Crippen LogP contribution is 2.27. The Morgan fingerprint density at radius 1 is 1.15 bits per heavy atom. The van der Waals surface area contributed by atoms with E-state index in [0.717, 1.165) is 23.4 Å². The van der Waals surface area contributed by atoms with Crippen molar-refractivity contribution in [2.45, 2.75) is 12.1 Å². The first-order valence-corrected chi connectivity index (χ1v) is 8.95. The van der Waals surface area contributed by atoms with Gasteiger partial charge in [-0.2, -0.15) is 4.68 Å². The number of aryl methyl sites for hydroxylation is 1. The maximum atomic E-state index is 13.8. The second kappa shape index (κ2) is 8.17. The molecule has 9 heteroatoms. The number of ketones is 1. The molecule has 0 aliphatic carbocycles. The van der Waals surface area contributed by atoms with Gasteiger partial charge in [-0.1, -0.05) is 17.8 Å². The van der Waals surface area contributed by atoms with Gasteiger partial charge in [0, 0.05) is 5.56 Å². The molecular weight excluding hydrogens is 371 g/mol. The Balaban J connectivity index is 1.79. The molecule has 0 radical (unpaired) electrons. The van der Waals surface area contributed by atoms with Gasteiger partial charge in [0.1, 0.15) is 11.4 Å². The Morgan fingerprint density at radius 3 is 2.59 bits per heavy atom. The van der Waals surface area contributed by atoms with Crippen molar-refractivity contribution in [3.8, 4) is 17.2 Å². The van der Waals surface area contributed by atoms with E-state index in [9.17, 15) is 9.18 Å². The monoisotopic (exact) mass is 388 g/mol. The Morgan fingerprint density at radius 2 is 1.89 bits per heavy atom. The lowest BCUT2D eigenvalue weighted by atomic mass is 10.1. The molecule has 0 fully saturated rings. The fourth-order valence-corrected chi connectivity index (χ4v) is 3.22. The Labute approximate surface area is 159 Å². The molecule has 0 saturated heterocycles. The van der Waals surface area contributed by atoms with Crippen molar-refractivity contribution in [1.82, 2.24) is 20.2 Å². The number of Topliss-reactive ketones (excluding diaryl/α,β-unsaturated/α-hetero) is 1. The molecule has 7 nitrogen and oxygen atoms in total. The summed E-state index contributed by atoms with van der Waals surface area (Å²) in [6.45, 7) is 1.95. The first-order valence-electron chi connectivity index (χ1n) is 7.96. The molecule has 27 heavy (non-hydrogen) atoms. The molecule has 1 aromatic heterocycles. The van der Waals surface area contributed by atoms with Gasteiger partial charge in [0.2, 0.25) is 5.16 Å². The minimum Gasteiger partial charge on any atom is -0.494 e. The first-order chi connectivity index (χ1) is 13.0. The van der Waals surface area contributed by atoms with Gasteiger partial charge >= 0.3 is 0 Å². The van der Waals surface area contributed by atoms with Gasteiger partial charge in [-0.15, -0.1) is 5.10 Å². The zero-order chi connectivity index (χ0) is 19.4. The molecule has 3 aromatic rings. The van der Waals surface area contributed by atoms with Crippen LogP contribution in [-0.2, 0) is 0 Å². The summed E-state index contributed by atoms with van der Waals surface area (Å²) in [6, 6.07) is 9.74. The number of rotatable bonds is 7. The van der Waals surface area contributed by atoms with Crippen molar-refractivity contribution >= 4 is 17.5 Å². The number of hydrogen-bond acceptors (Lipinski definition) is 7. The molecule has 0 atom stereocenters. The normalized spacial score (nSPS) is 10.7. The first kappa shape index (κ1) is 18.8. The standard InChI is InChI=1S/C18H17FN4O3S/c1-11-4-6-17(26-3)14(8-11)23-18(20-21-22-23)27-10-15(24)12-5-7-16(25-2)13(19)9-12/h4-9H,10H2,1-3H3. The fourth-order valence-electron chi connectivity index (χ4n) is 2.44. The Hall–Kier alpha value is -2.94. The van der Waals surface area contributed by atoms with Crippen LogP contribution in [0.1, 0.15) is 15.9 Å².